The summed E-state index contributed by atoms with van der Waals surface area (Å²) in [6.45, 7) is 7.18. The summed E-state index contributed by atoms with van der Waals surface area (Å²) in [6, 6.07) is 5.11. The number of esters is 1. The average molecular weight is 361 g/mol. The Morgan fingerprint density at radius 3 is 2.81 bits per heavy atom. The van der Waals surface area contributed by atoms with Gasteiger partial charge in [0.15, 0.2) is 0 Å². The number of hydrogen-bond donors (Lipinski definition) is 2. The first-order valence-corrected chi connectivity index (χ1v) is 8.95. The Hall–Kier alpha value is -2.41. The lowest BCUT2D eigenvalue weighted by Gasteiger charge is -2.33. The standard InChI is InChI=1S/C19H27N3O4/c1-4-9-26-18(24)11-16-19(25)20-7-8-22(16)12-17(23)21-15-6-5-13(2)10-14(15)3/h5-6,10,16H,4,7-9,11-12H2,1-3H3,(H,20,25)(H,21,23). The lowest BCUT2D eigenvalue weighted by Crippen LogP contribution is -2.57. The van der Waals surface area contributed by atoms with Gasteiger partial charge in [-0.3, -0.25) is 19.3 Å². The second kappa shape index (κ2) is 9.33. The van der Waals surface area contributed by atoms with Crippen molar-refractivity contribution in [3.8, 4) is 0 Å². The Morgan fingerprint density at radius 1 is 1.35 bits per heavy atom. The van der Waals surface area contributed by atoms with Crippen LogP contribution < -0.4 is 10.6 Å². The largest absolute Gasteiger partial charge is 0.466 e. The van der Waals surface area contributed by atoms with Crippen LogP contribution >= 0.6 is 0 Å². The number of anilines is 1. The molecule has 0 aliphatic carbocycles. The first kappa shape index (κ1) is 19.9. The van der Waals surface area contributed by atoms with Crippen molar-refractivity contribution < 1.29 is 19.1 Å². The zero-order valence-electron chi connectivity index (χ0n) is 15.6. The van der Waals surface area contributed by atoms with E-state index in [1.54, 1.807) is 4.90 Å². The number of hydrogen-bond acceptors (Lipinski definition) is 5. The molecule has 2 amide bonds. The third kappa shape index (κ3) is 5.56. The summed E-state index contributed by atoms with van der Waals surface area (Å²) >= 11 is 0. The number of amides is 2. The number of benzene rings is 1. The van der Waals surface area contributed by atoms with Gasteiger partial charge in [0.1, 0.15) is 6.04 Å². The van der Waals surface area contributed by atoms with E-state index in [0.717, 1.165) is 23.2 Å². The Bertz CT molecular complexity index is 675. The molecule has 1 unspecified atom stereocenters. The van der Waals surface area contributed by atoms with Crippen LogP contribution in [0.3, 0.4) is 0 Å². The molecule has 0 spiro atoms. The predicted molar refractivity (Wildman–Crippen MR) is 98.8 cm³/mol. The van der Waals surface area contributed by atoms with Crippen molar-refractivity contribution in [2.24, 2.45) is 0 Å². The van der Waals surface area contributed by atoms with Gasteiger partial charge in [0.2, 0.25) is 11.8 Å². The number of nitrogens with zero attached hydrogens (tertiary/aromatic N) is 1. The van der Waals surface area contributed by atoms with Crippen LogP contribution in [-0.2, 0) is 19.1 Å². The molecule has 1 aromatic rings. The monoisotopic (exact) mass is 361 g/mol. The highest BCUT2D eigenvalue weighted by molar-refractivity contribution is 5.94. The summed E-state index contributed by atoms with van der Waals surface area (Å²) in [7, 11) is 0. The Balaban J connectivity index is 1.98. The average Bonchev–Trinajstić information content (AvgIpc) is 2.58. The predicted octanol–water partition coefficient (Wildman–Crippen LogP) is 1.39. The highest BCUT2D eigenvalue weighted by atomic mass is 16.5. The zero-order valence-corrected chi connectivity index (χ0v) is 15.6. The summed E-state index contributed by atoms with van der Waals surface area (Å²) in [4.78, 5) is 38.2. The molecule has 0 saturated carbocycles. The van der Waals surface area contributed by atoms with Crippen LogP contribution in [0, 0.1) is 13.8 Å². The number of ether oxygens (including phenoxy) is 1. The van der Waals surface area contributed by atoms with E-state index in [1.165, 1.54) is 0 Å². The number of carbonyl (C=O) groups is 3. The number of aryl methyl sites for hydroxylation is 2. The molecular weight excluding hydrogens is 334 g/mol. The molecule has 26 heavy (non-hydrogen) atoms. The second-order valence-electron chi connectivity index (χ2n) is 6.57. The molecule has 1 atom stereocenters. The quantitative estimate of drug-likeness (QED) is 0.717. The fourth-order valence-corrected chi connectivity index (χ4v) is 2.93. The normalized spacial score (nSPS) is 17.5. The fraction of sp³-hybridized carbons (Fsp3) is 0.526. The zero-order chi connectivity index (χ0) is 19.1. The number of carbonyl (C=O) groups excluding carboxylic acids is 3. The van der Waals surface area contributed by atoms with E-state index < -0.39 is 12.0 Å². The minimum atomic E-state index is -0.682. The molecule has 2 rings (SSSR count). The highest BCUT2D eigenvalue weighted by Gasteiger charge is 2.33. The summed E-state index contributed by atoms with van der Waals surface area (Å²) in [5, 5.41) is 5.62. The summed E-state index contributed by atoms with van der Waals surface area (Å²) < 4.78 is 5.07. The van der Waals surface area contributed by atoms with Crippen molar-refractivity contribution in [3.05, 3.63) is 29.3 Å². The van der Waals surface area contributed by atoms with Gasteiger partial charge in [0.05, 0.1) is 19.6 Å². The molecular formula is C19H27N3O4. The first-order chi connectivity index (χ1) is 12.4. The maximum Gasteiger partial charge on any atom is 0.307 e. The molecule has 142 valence electrons. The Morgan fingerprint density at radius 2 is 2.12 bits per heavy atom. The molecule has 0 aromatic heterocycles. The molecule has 1 aliphatic rings. The maximum atomic E-state index is 12.4. The molecule has 0 bridgehead atoms. The Kier molecular flexibility index (Phi) is 7.15. The van der Waals surface area contributed by atoms with Gasteiger partial charge in [-0.15, -0.1) is 0 Å². The molecule has 1 fully saturated rings. The molecule has 1 aliphatic heterocycles. The van der Waals surface area contributed by atoms with E-state index in [2.05, 4.69) is 10.6 Å². The molecule has 0 radical (unpaired) electrons. The van der Waals surface area contributed by atoms with E-state index in [9.17, 15) is 14.4 Å². The van der Waals surface area contributed by atoms with Crippen LogP contribution in [0.5, 0.6) is 0 Å². The first-order valence-electron chi connectivity index (χ1n) is 8.95. The smallest absolute Gasteiger partial charge is 0.307 e. The van der Waals surface area contributed by atoms with Crippen LogP contribution in [0.2, 0.25) is 0 Å². The number of nitrogens with one attached hydrogen (secondary N) is 2. The molecule has 1 heterocycles. The van der Waals surface area contributed by atoms with Crippen molar-refractivity contribution in [2.45, 2.75) is 39.7 Å². The third-order valence-electron chi connectivity index (χ3n) is 4.27. The van der Waals surface area contributed by atoms with Crippen LogP contribution in [0.25, 0.3) is 0 Å². The van der Waals surface area contributed by atoms with Crippen LogP contribution in [0.15, 0.2) is 18.2 Å². The van der Waals surface area contributed by atoms with Gasteiger partial charge in [-0.05, 0) is 31.9 Å². The van der Waals surface area contributed by atoms with E-state index in [-0.39, 0.29) is 24.8 Å². The minimum absolute atomic E-state index is 0.0481. The maximum absolute atomic E-state index is 12.4. The van der Waals surface area contributed by atoms with E-state index >= 15 is 0 Å². The molecule has 7 heteroatoms. The van der Waals surface area contributed by atoms with Gasteiger partial charge >= 0.3 is 5.97 Å². The molecule has 7 nitrogen and oxygen atoms in total. The topological polar surface area (TPSA) is 87.7 Å². The van der Waals surface area contributed by atoms with Gasteiger partial charge in [-0.2, -0.15) is 0 Å². The lowest BCUT2D eigenvalue weighted by atomic mass is 10.1. The van der Waals surface area contributed by atoms with E-state index in [0.29, 0.717) is 19.7 Å². The van der Waals surface area contributed by atoms with Crippen molar-refractivity contribution >= 4 is 23.5 Å². The molecule has 2 N–H and O–H groups in total. The second-order valence-corrected chi connectivity index (χ2v) is 6.57. The van der Waals surface area contributed by atoms with Crippen LogP contribution in [0.4, 0.5) is 5.69 Å². The summed E-state index contributed by atoms with van der Waals surface area (Å²) in [5.74, 6) is -0.878. The minimum Gasteiger partial charge on any atom is -0.466 e. The SMILES string of the molecule is CCCOC(=O)CC1C(=O)NCCN1CC(=O)Nc1ccc(C)cc1C. The van der Waals surface area contributed by atoms with Crippen molar-refractivity contribution in [1.29, 1.82) is 0 Å². The van der Waals surface area contributed by atoms with E-state index in [1.807, 2.05) is 39.0 Å². The summed E-state index contributed by atoms with van der Waals surface area (Å²) in [5.41, 5.74) is 2.86. The van der Waals surface area contributed by atoms with Crippen LogP contribution in [-0.4, -0.2) is 55.0 Å². The van der Waals surface area contributed by atoms with Crippen molar-refractivity contribution in [1.82, 2.24) is 10.2 Å². The van der Waals surface area contributed by atoms with Crippen molar-refractivity contribution in [2.75, 3.05) is 31.6 Å². The highest BCUT2D eigenvalue weighted by Crippen LogP contribution is 2.16. The van der Waals surface area contributed by atoms with Gasteiger partial charge in [-0.25, -0.2) is 0 Å². The lowest BCUT2D eigenvalue weighted by molar-refractivity contribution is -0.148. The molecule has 1 aromatic carbocycles. The van der Waals surface area contributed by atoms with Gasteiger partial charge in [0, 0.05) is 18.8 Å². The fourth-order valence-electron chi connectivity index (χ4n) is 2.93. The van der Waals surface area contributed by atoms with E-state index in [4.69, 9.17) is 4.74 Å². The number of rotatable bonds is 7. The van der Waals surface area contributed by atoms with Crippen LogP contribution in [0.1, 0.15) is 30.9 Å². The van der Waals surface area contributed by atoms with Gasteiger partial charge in [0.25, 0.3) is 0 Å². The molecule has 1 saturated heterocycles. The summed E-state index contributed by atoms with van der Waals surface area (Å²) in [6.07, 6.45) is 0.674. The Labute approximate surface area is 154 Å². The number of piperazine rings is 1. The van der Waals surface area contributed by atoms with Gasteiger partial charge < -0.3 is 15.4 Å². The van der Waals surface area contributed by atoms with Crippen molar-refractivity contribution in [3.63, 3.8) is 0 Å². The third-order valence-corrected chi connectivity index (χ3v) is 4.27. The van der Waals surface area contributed by atoms with Gasteiger partial charge in [-0.1, -0.05) is 24.6 Å².